The molecule has 0 radical (unpaired) electrons. The predicted octanol–water partition coefficient (Wildman–Crippen LogP) is 4.41. The van der Waals surface area contributed by atoms with Crippen molar-refractivity contribution in [1.82, 2.24) is 10.2 Å². The maximum atomic E-state index is 12.4. The van der Waals surface area contributed by atoms with Gasteiger partial charge in [-0.15, -0.1) is 10.2 Å². The van der Waals surface area contributed by atoms with Crippen LogP contribution in [0, 0.1) is 18.3 Å². The molecule has 0 unspecified atom stereocenters. The van der Waals surface area contributed by atoms with Crippen LogP contribution in [0.3, 0.4) is 0 Å². The molecule has 1 heterocycles. The lowest BCUT2D eigenvalue weighted by molar-refractivity contribution is -0.112. The molecule has 31 heavy (non-hydrogen) atoms. The number of ether oxygens (including phenoxy) is 2. The maximum absolute atomic E-state index is 12.4. The molecule has 7 nitrogen and oxygen atoms in total. The number of anilines is 1. The Morgan fingerprint density at radius 1 is 1.16 bits per heavy atom. The number of amides is 1. The number of nitrogens with one attached hydrogen (secondary N) is 1. The van der Waals surface area contributed by atoms with Crippen molar-refractivity contribution in [1.29, 1.82) is 5.26 Å². The Morgan fingerprint density at radius 3 is 2.71 bits per heavy atom. The molecule has 0 bridgehead atoms. The van der Waals surface area contributed by atoms with Crippen molar-refractivity contribution in [3.63, 3.8) is 0 Å². The summed E-state index contributed by atoms with van der Waals surface area (Å²) >= 11 is 1.29. The summed E-state index contributed by atoms with van der Waals surface area (Å²) in [5, 5.41) is 21.1. The molecule has 3 rings (SSSR count). The highest BCUT2D eigenvalue weighted by molar-refractivity contribution is 7.15. The first-order valence-electron chi connectivity index (χ1n) is 9.76. The number of carbonyl (C=O) groups excluding carboxylic acids is 1. The van der Waals surface area contributed by atoms with Crippen LogP contribution in [0.4, 0.5) is 5.13 Å². The van der Waals surface area contributed by atoms with E-state index in [-0.39, 0.29) is 5.57 Å². The van der Waals surface area contributed by atoms with Gasteiger partial charge in [-0.2, -0.15) is 5.26 Å². The van der Waals surface area contributed by atoms with Crippen molar-refractivity contribution in [2.45, 2.75) is 20.3 Å². The molecule has 0 atom stereocenters. The third-order valence-electron chi connectivity index (χ3n) is 4.23. The van der Waals surface area contributed by atoms with Crippen molar-refractivity contribution in [3.8, 4) is 17.6 Å². The number of aromatic nitrogens is 2. The molecule has 158 valence electrons. The lowest BCUT2D eigenvalue weighted by Crippen LogP contribution is -2.13. The molecule has 0 aliphatic rings. The largest absolute Gasteiger partial charge is 0.490 e. The fraction of sp³-hybridized carbons (Fsp3) is 0.217. The number of hydrogen-bond acceptors (Lipinski definition) is 7. The molecule has 2 aromatic carbocycles. The topological polar surface area (TPSA) is 97.1 Å². The van der Waals surface area contributed by atoms with Gasteiger partial charge in [0, 0.05) is 0 Å². The number of benzene rings is 2. The number of nitrogens with zero attached hydrogens (tertiary/aromatic N) is 3. The Bertz CT molecular complexity index is 1120. The molecule has 1 aromatic heterocycles. The zero-order valence-corrected chi connectivity index (χ0v) is 18.1. The maximum Gasteiger partial charge on any atom is 0.268 e. The van der Waals surface area contributed by atoms with E-state index in [0.717, 1.165) is 22.7 Å². The fourth-order valence-electron chi connectivity index (χ4n) is 2.65. The summed E-state index contributed by atoms with van der Waals surface area (Å²) < 4.78 is 11.5. The first-order valence-corrected chi connectivity index (χ1v) is 10.6. The fourth-order valence-corrected chi connectivity index (χ4v) is 3.32. The van der Waals surface area contributed by atoms with E-state index in [1.165, 1.54) is 17.4 Å². The van der Waals surface area contributed by atoms with Crippen molar-refractivity contribution >= 4 is 28.5 Å². The Labute approximate surface area is 185 Å². The van der Waals surface area contributed by atoms with E-state index >= 15 is 0 Å². The summed E-state index contributed by atoms with van der Waals surface area (Å²) in [6, 6.07) is 16.9. The molecule has 1 N–H and O–H groups in total. The molecule has 3 aromatic rings. The Hall–Kier alpha value is -3.70. The molecule has 0 aliphatic carbocycles. The quantitative estimate of drug-likeness (QED) is 0.304. The Balaban J connectivity index is 1.58. The van der Waals surface area contributed by atoms with Crippen LogP contribution in [0.5, 0.6) is 11.5 Å². The summed E-state index contributed by atoms with van der Waals surface area (Å²) in [5.74, 6) is 0.921. The highest BCUT2D eigenvalue weighted by Gasteiger charge is 2.12. The summed E-state index contributed by atoms with van der Waals surface area (Å²) in [6.07, 6.45) is 2.24. The van der Waals surface area contributed by atoms with Gasteiger partial charge in [0.15, 0.2) is 0 Å². The second-order valence-electron chi connectivity index (χ2n) is 6.51. The van der Waals surface area contributed by atoms with E-state index in [2.05, 4.69) is 15.5 Å². The van der Waals surface area contributed by atoms with Gasteiger partial charge in [-0.3, -0.25) is 10.1 Å². The van der Waals surface area contributed by atoms with Crippen molar-refractivity contribution in [2.24, 2.45) is 0 Å². The van der Waals surface area contributed by atoms with Gasteiger partial charge in [-0.05, 0) is 48.7 Å². The van der Waals surface area contributed by atoms with Gasteiger partial charge < -0.3 is 9.47 Å². The highest BCUT2D eigenvalue weighted by atomic mass is 32.1. The van der Waals surface area contributed by atoms with Crippen LogP contribution in [0.15, 0.2) is 54.1 Å². The van der Waals surface area contributed by atoms with Gasteiger partial charge >= 0.3 is 0 Å². The van der Waals surface area contributed by atoms with E-state index < -0.39 is 5.91 Å². The lowest BCUT2D eigenvalue weighted by atomic mass is 10.1. The number of nitriles is 1. The van der Waals surface area contributed by atoms with Gasteiger partial charge in [0.1, 0.15) is 41.4 Å². The van der Waals surface area contributed by atoms with E-state index in [0.29, 0.717) is 29.7 Å². The summed E-state index contributed by atoms with van der Waals surface area (Å²) in [6.45, 7) is 4.71. The van der Waals surface area contributed by atoms with E-state index in [9.17, 15) is 10.1 Å². The minimum atomic E-state index is -0.528. The molecular weight excluding hydrogens is 412 g/mol. The second-order valence-corrected chi connectivity index (χ2v) is 7.58. The van der Waals surface area contributed by atoms with E-state index in [1.54, 1.807) is 18.2 Å². The van der Waals surface area contributed by atoms with Crippen LogP contribution >= 0.6 is 11.3 Å². The summed E-state index contributed by atoms with van der Waals surface area (Å²) in [7, 11) is 0. The number of rotatable bonds is 9. The molecule has 8 heteroatoms. The molecule has 0 saturated carbocycles. The lowest BCUT2D eigenvalue weighted by Gasteiger charge is -2.10. The zero-order chi connectivity index (χ0) is 22.1. The SMILES string of the molecule is CCc1nnc(NC(=O)/C(C#N)=C\c2cccc(OCCOc3ccccc3C)c2)s1. The van der Waals surface area contributed by atoms with Gasteiger partial charge in [0.05, 0.1) is 0 Å². The van der Waals surface area contributed by atoms with Gasteiger partial charge in [-0.1, -0.05) is 48.6 Å². The smallest absolute Gasteiger partial charge is 0.268 e. The molecule has 0 fully saturated rings. The Kier molecular flexibility index (Phi) is 7.73. The first-order chi connectivity index (χ1) is 15.1. The number of carbonyl (C=O) groups is 1. The predicted molar refractivity (Wildman–Crippen MR) is 120 cm³/mol. The summed E-state index contributed by atoms with van der Waals surface area (Å²) in [5.41, 5.74) is 1.71. The van der Waals surface area contributed by atoms with Crippen LogP contribution < -0.4 is 14.8 Å². The Morgan fingerprint density at radius 2 is 1.97 bits per heavy atom. The molecule has 1 amide bonds. The number of aryl methyl sites for hydroxylation is 2. The molecule has 0 aliphatic heterocycles. The van der Waals surface area contributed by atoms with Crippen LogP contribution in [0.2, 0.25) is 0 Å². The van der Waals surface area contributed by atoms with Crippen molar-refractivity contribution in [2.75, 3.05) is 18.5 Å². The zero-order valence-electron chi connectivity index (χ0n) is 17.3. The average Bonchev–Trinajstić information content (AvgIpc) is 3.24. The number of hydrogen-bond donors (Lipinski definition) is 1. The highest BCUT2D eigenvalue weighted by Crippen LogP contribution is 2.19. The van der Waals surface area contributed by atoms with E-state index in [4.69, 9.17) is 9.47 Å². The normalized spacial score (nSPS) is 10.9. The summed E-state index contributed by atoms with van der Waals surface area (Å²) in [4.78, 5) is 12.4. The van der Waals surface area contributed by atoms with Crippen LogP contribution in [0.1, 0.15) is 23.1 Å². The van der Waals surface area contributed by atoms with E-state index in [1.807, 2.05) is 50.2 Å². The van der Waals surface area contributed by atoms with Crippen molar-refractivity contribution < 1.29 is 14.3 Å². The van der Waals surface area contributed by atoms with Crippen LogP contribution in [0.25, 0.3) is 6.08 Å². The minimum absolute atomic E-state index is 0.0340. The van der Waals surface area contributed by atoms with Gasteiger partial charge in [0.2, 0.25) is 5.13 Å². The van der Waals surface area contributed by atoms with Gasteiger partial charge in [0.25, 0.3) is 5.91 Å². The third-order valence-corrected chi connectivity index (χ3v) is 5.21. The molecule has 0 spiro atoms. The van der Waals surface area contributed by atoms with Crippen LogP contribution in [-0.4, -0.2) is 29.3 Å². The van der Waals surface area contributed by atoms with Crippen LogP contribution in [-0.2, 0) is 11.2 Å². The second kappa shape index (κ2) is 10.9. The molecular formula is C23H22N4O3S. The third kappa shape index (κ3) is 6.39. The first kappa shape index (κ1) is 22.0. The van der Waals surface area contributed by atoms with Gasteiger partial charge in [-0.25, -0.2) is 0 Å². The number of para-hydroxylation sites is 1. The monoisotopic (exact) mass is 434 g/mol. The standard InChI is InChI=1S/C23H22N4O3S/c1-3-21-26-27-23(31-21)25-22(28)18(15-24)13-17-8-6-9-19(14-17)29-11-12-30-20-10-5-4-7-16(20)2/h4-10,13-14H,3,11-12H2,1-2H3,(H,25,27,28)/b18-13-. The minimum Gasteiger partial charge on any atom is -0.490 e. The average molecular weight is 435 g/mol. The molecule has 0 saturated heterocycles. The van der Waals surface area contributed by atoms with Crippen molar-refractivity contribution in [3.05, 3.63) is 70.2 Å².